The number of aromatic nitrogens is 7. The van der Waals surface area contributed by atoms with Gasteiger partial charge in [-0.1, -0.05) is 0 Å². The van der Waals surface area contributed by atoms with E-state index >= 15 is 0 Å². The zero-order valence-corrected chi connectivity index (χ0v) is 19.3. The van der Waals surface area contributed by atoms with Crippen LogP contribution < -0.4 is 4.74 Å². The van der Waals surface area contributed by atoms with Gasteiger partial charge >= 0.3 is 0 Å². The van der Waals surface area contributed by atoms with Crippen molar-refractivity contribution in [3.8, 4) is 23.2 Å². The van der Waals surface area contributed by atoms with Crippen molar-refractivity contribution in [2.45, 2.75) is 20.4 Å². The van der Waals surface area contributed by atoms with Crippen LogP contribution in [-0.4, -0.2) is 59.8 Å². The summed E-state index contributed by atoms with van der Waals surface area (Å²) in [5.41, 5.74) is 7.15. The minimum Gasteiger partial charge on any atom is -0.476 e. The highest BCUT2D eigenvalue weighted by atomic mass is 16.5. The van der Waals surface area contributed by atoms with Crippen LogP contribution in [0.4, 0.5) is 0 Å². The number of rotatable bonds is 0. The van der Waals surface area contributed by atoms with Crippen molar-refractivity contribution in [1.82, 2.24) is 39.6 Å². The largest absolute Gasteiger partial charge is 0.476 e. The van der Waals surface area contributed by atoms with E-state index in [-0.39, 0.29) is 0 Å². The molecule has 0 unspecified atom stereocenters. The van der Waals surface area contributed by atoms with Gasteiger partial charge in [-0.25, -0.2) is 4.68 Å². The van der Waals surface area contributed by atoms with Crippen LogP contribution >= 0.6 is 0 Å². The summed E-state index contributed by atoms with van der Waals surface area (Å²) in [6.45, 7) is 5.71. The van der Waals surface area contributed by atoms with Gasteiger partial charge in [0, 0.05) is 38.1 Å². The fourth-order valence-electron chi connectivity index (χ4n) is 4.36. The first kappa shape index (κ1) is 20.9. The van der Waals surface area contributed by atoms with Gasteiger partial charge in [-0.05, 0) is 39.1 Å². The summed E-state index contributed by atoms with van der Waals surface area (Å²) in [7, 11) is 5.77. The zero-order valence-electron chi connectivity index (χ0n) is 19.3. The number of aromatic amines is 1. The summed E-state index contributed by atoms with van der Waals surface area (Å²) >= 11 is 0. The lowest BCUT2D eigenvalue weighted by atomic mass is 10.1. The Morgan fingerprint density at radius 3 is 2.70 bits per heavy atom. The van der Waals surface area contributed by atoms with E-state index in [4.69, 9.17) is 9.72 Å². The number of nitrogens with zero attached hydrogens (tertiary/aromatic N) is 8. The number of fused-ring (bicyclic) bond motifs is 4. The minimum absolute atomic E-state index is 0.397. The van der Waals surface area contributed by atoms with E-state index < -0.39 is 0 Å². The SMILES string of the molecule is Cc1nn(C)c2c1-c1cc3c([nH]nc3c(C)n1)/C=C/c1c(C#N)nn(C)c1CN(C)CCO2. The third-order valence-corrected chi connectivity index (χ3v) is 6.03. The first-order chi connectivity index (χ1) is 15.9. The van der Waals surface area contributed by atoms with E-state index in [9.17, 15) is 5.26 Å². The molecule has 4 aromatic rings. The first-order valence-corrected chi connectivity index (χ1v) is 10.7. The molecule has 0 amide bonds. The summed E-state index contributed by atoms with van der Waals surface area (Å²) < 4.78 is 9.76. The molecule has 0 aliphatic carbocycles. The molecule has 0 saturated heterocycles. The Morgan fingerprint density at radius 2 is 1.91 bits per heavy atom. The summed E-state index contributed by atoms with van der Waals surface area (Å²) in [6, 6.07) is 4.24. The number of nitrogens with one attached hydrogen (secondary N) is 1. The molecule has 1 aliphatic rings. The lowest BCUT2D eigenvalue weighted by molar-refractivity contribution is 0.218. The molecule has 4 aromatic heterocycles. The minimum atomic E-state index is 0.397. The van der Waals surface area contributed by atoms with Crippen LogP contribution in [0, 0.1) is 25.2 Å². The quantitative estimate of drug-likeness (QED) is 0.444. The number of nitriles is 1. The summed E-state index contributed by atoms with van der Waals surface area (Å²) in [4.78, 5) is 6.96. The van der Waals surface area contributed by atoms with Gasteiger partial charge in [0.2, 0.25) is 5.88 Å². The van der Waals surface area contributed by atoms with Crippen molar-refractivity contribution in [2.24, 2.45) is 14.1 Å². The Balaban J connectivity index is 1.74. The lowest BCUT2D eigenvalue weighted by Gasteiger charge is -2.18. The van der Waals surface area contributed by atoms with Gasteiger partial charge in [0.25, 0.3) is 0 Å². The normalized spacial score (nSPS) is 15.4. The molecule has 5 rings (SSSR count). The zero-order chi connectivity index (χ0) is 23.3. The van der Waals surface area contributed by atoms with Crippen molar-refractivity contribution < 1.29 is 4.74 Å². The predicted molar refractivity (Wildman–Crippen MR) is 124 cm³/mol. The molecule has 10 heteroatoms. The number of hydrogen-bond donors (Lipinski definition) is 1. The summed E-state index contributed by atoms with van der Waals surface area (Å²) in [6.07, 6.45) is 3.89. The van der Waals surface area contributed by atoms with Gasteiger partial charge in [-0.3, -0.25) is 19.7 Å². The molecule has 10 nitrogen and oxygen atoms in total. The first-order valence-electron chi connectivity index (χ1n) is 10.7. The van der Waals surface area contributed by atoms with Crippen LogP contribution in [0.25, 0.3) is 34.3 Å². The number of ether oxygens (including phenoxy) is 1. The van der Waals surface area contributed by atoms with Gasteiger partial charge in [0.15, 0.2) is 5.69 Å². The summed E-state index contributed by atoms with van der Waals surface area (Å²) in [5, 5.41) is 27.2. The van der Waals surface area contributed by atoms with Gasteiger partial charge in [-0.15, -0.1) is 0 Å². The molecule has 1 N–H and O–H groups in total. The van der Waals surface area contributed by atoms with Crippen molar-refractivity contribution in [3.05, 3.63) is 40.1 Å². The Kier molecular flexibility index (Phi) is 4.98. The third kappa shape index (κ3) is 3.47. The highest BCUT2D eigenvalue weighted by Crippen LogP contribution is 2.35. The number of hydrogen-bond acceptors (Lipinski definition) is 7. The molecular weight excluding hydrogens is 418 g/mol. The van der Waals surface area contributed by atoms with Crippen LogP contribution in [0.1, 0.15) is 34.0 Å². The molecule has 0 fully saturated rings. The smallest absolute Gasteiger partial charge is 0.221 e. The van der Waals surface area contributed by atoms with Gasteiger partial charge in [0.05, 0.1) is 34.0 Å². The average Bonchev–Trinajstić information content (AvgIpc) is 3.40. The maximum Gasteiger partial charge on any atom is 0.221 e. The van der Waals surface area contributed by atoms with Crippen LogP contribution in [0.3, 0.4) is 0 Å². The van der Waals surface area contributed by atoms with E-state index in [1.165, 1.54) is 0 Å². The molecule has 0 radical (unpaired) electrons. The Morgan fingerprint density at radius 1 is 1.09 bits per heavy atom. The predicted octanol–water partition coefficient (Wildman–Crippen LogP) is 2.58. The molecule has 2 bridgehead atoms. The second-order valence-electron chi connectivity index (χ2n) is 8.38. The van der Waals surface area contributed by atoms with Gasteiger partial charge in [0.1, 0.15) is 18.2 Å². The number of H-pyrrole nitrogens is 1. The molecule has 33 heavy (non-hydrogen) atoms. The second kappa shape index (κ2) is 7.86. The highest BCUT2D eigenvalue weighted by Gasteiger charge is 2.22. The molecule has 0 aromatic carbocycles. The maximum atomic E-state index is 9.64. The molecule has 0 atom stereocenters. The van der Waals surface area contributed by atoms with Crippen LogP contribution in [0.15, 0.2) is 6.07 Å². The Bertz CT molecular complexity index is 1450. The van der Waals surface area contributed by atoms with Crippen LogP contribution in [-0.2, 0) is 20.6 Å². The van der Waals surface area contributed by atoms with Gasteiger partial charge < -0.3 is 4.74 Å². The molecule has 5 heterocycles. The number of likely N-dealkylation sites (N-methyl/N-ethyl adjacent to an activating group) is 1. The lowest BCUT2D eigenvalue weighted by Crippen LogP contribution is -2.25. The molecule has 0 saturated carbocycles. The van der Waals surface area contributed by atoms with Gasteiger partial charge in [-0.2, -0.15) is 20.6 Å². The Labute approximate surface area is 191 Å². The number of aryl methyl sites for hydroxylation is 4. The fourth-order valence-corrected chi connectivity index (χ4v) is 4.36. The summed E-state index contributed by atoms with van der Waals surface area (Å²) in [5.74, 6) is 0.690. The topological polar surface area (TPSA) is 113 Å². The highest BCUT2D eigenvalue weighted by molar-refractivity contribution is 5.93. The van der Waals surface area contributed by atoms with Crippen molar-refractivity contribution in [1.29, 1.82) is 5.26 Å². The van der Waals surface area contributed by atoms with Crippen molar-refractivity contribution in [3.63, 3.8) is 0 Å². The van der Waals surface area contributed by atoms with Crippen LogP contribution in [0.5, 0.6) is 5.88 Å². The molecule has 0 spiro atoms. The fraction of sp³-hybridized carbons (Fsp3) is 0.348. The van der Waals surface area contributed by atoms with E-state index in [1.54, 1.807) is 9.36 Å². The third-order valence-electron chi connectivity index (χ3n) is 6.03. The molecule has 168 valence electrons. The van der Waals surface area contributed by atoms with E-state index in [1.807, 2.05) is 53.2 Å². The second-order valence-corrected chi connectivity index (χ2v) is 8.38. The van der Waals surface area contributed by atoms with E-state index in [2.05, 4.69) is 31.4 Å². The van der Waals surface area contributed by atoms with E-state index in [0.717, 1.165) is 50.5 Å². The van der Waals surface area contributed by atoms with Crippen molar-refractivity contribution in [2.75, 3.05) is 20.2 Å². The van der Waals surface area contributed by atoms with E-state index in [0.29, 0.717) is 31.3 Å². The monoisotopic (exact) mass is 443 g/mol. The maximum absolute atomic E-state index is 9.64. The molecular formula is C23H25N9O. The standard InChI is InChI=1S/C23H25N9O/c1-13-21-18-10-16-17(26-27-22(16)14(2)25-18)7-6-15-19(11-24)29-31(4)20(15)12-30(3)8-9-33-23(21)32(5)28-13/h6-7,10H,8-9,12H2,1-5H3,(H,26,27)/b7-6+. The van der Waals surface area contributed by atoms with Crippen molar-refractivity contribution >= 4 is 23.1 Å². The molecule has 1 aliphatic heterocycles. The number of pyridine rings is 1. The Hall–Kier alpha value is -3.97. The van der Waals surface area contributed by atoms with Crippen LogP contribution in [0.2, 0.25) is 0 Å². The average molecular weight is 444 g/mol.